The Balaban J connectivity index is 2.02. The fourth-order valence-electron chi connectivity index (χ4n) is 3.60. The van der Waals surface area contributed by atoms with Crippen LogP contribution >= 0.6 is 0 Å². The Kier molecular flexibility index (Phi) is 3.77. The van der Waals surface area contributed by atoms with E-state index in [-0.39, 0.29) is 17.4 Å². The van der Waals surface area contributed by atoms with E-state index in [0.29, 0.717) is 6.42 Å². The van der Waals surface area contributed by atoms with Gasteiger partial charge in [-0.15, -0.1) is 0 Å². The molecule has 0 N–H and O–H groups in total. The van der Waals surface area contributed by atoms with Gasteiger partial charge in [-0.05, 0) is 30.4 Å². The fraction of sp³-hybridized carbons (Fsp3) is 0.444. The lowest BCUT2D eigenvalue weighted by Gasteiger charge is -2.34. The van der Waals surface area contributed by atoms with Crippen LogP contribution in [0.4, 0.5) is 0 Å². The van der Waals surface area contributed by atoms with Crippen LogP contribution < -0.4 is 0 Å². The summed E-state index contributed by atoms with van der Waals surface area (Å²) in [6, 6.07) is 10.0. The number of allylic oxidation sites excluding steroid dienone is 2. The number of benzene rings is 1. The SMILES string of the molecule is COC(=O)[C@H]1CC(c2ccccc2)=CC2(CC2)[C@@H]1C(=O)OC. The molecule has 1 saturated carbocycles. The van der Waals surface area contributed by atoms with Crippen LogP contribution in [0.2, 0.25) is 0 Å². The number of esters is 2. The predicted octanol–water partition coefficient (Wildman–Crippen LogP) is 2.83. The van der Waals surface area contributed by atoms with Gasteiger partial charge in [-0.1, -0.05) is 36.4 Å². The van der Waals surface area contributed by atoms with Crippen LogP contribution in [-0.2, 0) is 19.1 Å². The normalized spacial score (nSPS) is 25.3. The van der Waals surface area contributed by atoms with Crippen molar-refractivity contribution in [2.75, 3.05) is 14.2 Å². The van der Waals surface area contributed by atoms with Gasteiger partial charge in [0.1, 0.15) is 0 Å². The van der Waals surface area contributed by atoms with Crippen LogP contribution in [0.1, 0.15) is 24.8 Å². The Morgan fingerprint density at radius 1 is 1.05 bits per heavy atom. The Bertz CT molecular complexity index is 613. The molecule has 0 radical (unpaired) electrons. The number of rotatable bonds is 3. The zero-order chi connectivity index (χ0) is 15.7. The lowest BCUT2D eigenvalue weighted by Crippen LogP contribution is -2.40. The molecule has 2 aliphatic carbocycles. The maximum Gasteiger partial charge on any atom is 0.310 e. The smallest absolute Gasteiger partial charge is 0.310 e. The van der Waals surface area contributed by atoms with Crippen LogP contribution in [-0.4, -0.2) is 26.2 Å². The second-order valence-electron chi connectivity index (χ2n) is 6.10. The van der Waals surface area contributed by atoms with Crippen LogP contribution in [0.3, 0.4) is 0 Å². The lowest BCUT2D eigenvalue weighted by molar-refractivity contribution is -0.160. The highest BCUT2D eigenvalue weighted by atomic mass is 16.5. The number of carbonyl (C=O) groups excluding carboxylic acids is 2. The molecular weight excluding hydrogens is 280 g/mol. The van der Waals surface area contributed by atoms with Crippen LogP contribution in [0, 0.1) is 17.3 Å². The zero-order valence-electron chi connectivity index (χ0n) is 12.9. The molecule has 4 heteroatoms. The molecule has 22 heavy (non-hydrogen) atoms. The fourth-order valence-corrected chi connectivity index (χ4v) is 3.60. The van der Waals surface area contributed by atoms with E-state index in [2.05, 4.69) is 6.08 Å². The first-order chi connectivity index (χ1) is 10.6. The van der Waals surface area contributed by atoms with Crippen molar-refractivity contribution in [1.82, 2.24) is 0 Å². The largest absolute Gasteiger partial charge is 0.469 e. The third-order valence-corrected chi connectivity index (χ3v) is 4.85. The van der Waals surface area contributed by atoms with Crippen molar-refractivity contribution in [3.05, 3.63) is 42.0 Å². The van der Waals surface area contributed by atoms with E-state index >= 15 is 0 Å². The van der Waals surface area contributed by atoms with Crippen molar-refractivity contribution >= 4 is 17.5 Å². The van der Waals surface area contributed by atoms with Gasteiger partial charge in [-0.3, -0.25) is 9.59 Å². The van der Waals surface area contributed by atoms with Gasteiger partial charge in [0.15, 0.2) is 0 Å². The number of hydrogen-bond donors (Lipinski definition) is 0. The Morgan fingerprint density at radius 2 is 1.68 bits per heavy atom. The predicted molar refractivity (Wildman–Crippen MR) is 81.7 cm³/mol. The van der Waals surface area contributed by atoms with E-state index < -0.39 is 11.8 Å². The first-order valence-corrected chi connectivity index (χ1v) is 7.54. The Labute approximate surface area is 130 Å². The van der Waals surface area contributed by atoms with E-state index in [1.54, 1.807) is 0 Å². The summed E-state index contributed by atoms with van der Waals surface area (Å²) >= 11 is 0. The van der Waals surface area contributed by atoms with Gasteiger partial charge in [0.2, 0.25) is 0 Å². The second-order valence-corrected chi connectivity index (χ2v) is 6.10. The average Bonchev–Trinajstić information content (AvgIpc) is 3.33. The molecule has 0 unspecified atom stereocenters. The summed E-state index contributed by atoms with van der Waals surface area (Å²) in [5.74, 6) is -1.54. The second kappa shape index (κ2) is 5.59. The van der Waals surface area contributed by atoms with Crippen LogP contribution in [0.5, 0.6) is 0 Å². The number of methoxy groups -OCH3 is 2. The van der Waals surface area contributed by atoms with Gasteiger partial charge in [0, 0.05) is 5.41 Å². The van der Waals surface area contributed by atoms with Crippen molar-refractivity contribution in [1.29, 1.82) is 0 Å². The molecule has 1 fully saturated rings. The Hall–Kier alpha value is -2.10. The summed E-state index contributed by atoms with van der Waals surface area (Å²) in [5.41, 5.74) is 1.98. The minimum atomic E-state index is -0.472. The quantitative estimate of drug-likeness (QED) is 0.806. The summed E-state index contributed by atoms with van der Waals surface area (Å²) in [6.07, 6.45) is 4.52. The molecule has 0 bridgehead atoms. The van der Waals surface area contributed by atoms with Crippen molar-refractivity contribution < 1.29 is 19.1 Å². The minimum Gasteiger partial charge on any atom is -0.469 e. The molecule has 0 heterocycles. The van der Waals surface area contributed by atoms with Gasteiger partial charge in [0.05, 0.1) is 26.1 Å². The van der Waals surface area contributed by atoms with Gasteiger partial charge >= 0.3 is 11.9 Å². The topological polar surface area (TPSA) is 52.6 Å². The third kappa shape index (κ3) is 2.43. The maximum absolute atomic E-state index is 12.2. The molecule has 116 valence electrons. The standard InChI is InChI=1S/C18H20O4/c1-21-16(19)14-10-13(12-6-4-3-5-7-12)11-18(8-9-18)15(14)17(20)22-2/h3-7,11,14-15H,8-10H2,1-2H3/t14-,15-/m0/s1. The molecule has 2 atom stereocenters. The first-order valence-electron chi connectivity index (χ1n) is 7.54. The number of hydrogen-bond acceptors (Lipinski definition) is 4. The molecule has 4 nitrogen and oxygen atoms in total. The highest BCUT2D eigenvalue weighted by Gasteiger charge is 2.58. The summed E-state index contributed by atoms with van der Waals surface area (Å²) in [5, 5.41) is 0. The van der Waals surface area contributed by atoms with Crippen LogP contribution in [0.15, 0.2) is 36.4 Å². The summed E-state index contributed by atoms with van der Waals surface area (Å²) in [4.78, 5) is 24.5. The zero-order valence-corrected chi connectivity index (χ0v) is 12.9. The van der Waals surface area contributed by atoms with E-state index in [1.807, 2.05) is 30.3 Å². The van der Waals surface area contributed by atoms with E-state index in [0.717, 1.165) is 24.0 Å². The lowest BCUT2D eigenvalue weighted by atomic mass is 9.69. The van der Waals surface area contributed by atoms with E-state index in [4.69, 9.17) is 9.47 Å². The summed E-state index contributed by atoms with van der Waals surface area (Å²) in [7, 11) is 2.75. The monoisotopic (exact) mass is 300 g/mol. The number of ether oxygens (including phenoxy) is 2. The van der Waals surface area contributed by atoms with Gasteiger partial charge < -0.3 is 9.47 Å². The molecule has 1 aromatic rings. The Morgan fingerprint density at radius 3 is 2.23 bits per heavy atom. The first kappa shape index (κ1) is 14.8. The van der Waals surface area contributed by atoms with Gasteiger partial charge in [0.25, 0.3) is 0 Å². The molecular formula is C18H20O4. The highest BCUT2D eigenvalue weighted by Crippen LogP contribution is 2.61. The maximum atomic E-state index is 12.2. The molecule has 1 spiro atoms. The molecule has 2 aliphatic rings. The average molecular weight is 300 g/mol. The molecule has 1 aromatic carbocycles. The van der Waals surface area contributed by atoms with Crippen molar-refractivity contribution in [2.45, 2.75) is 19.3 Å². The highest BCUT2D eigenvalue weighted by molar-refractivity contribution is 5.87. The molecule has 0 saturated heterocycles. The molecule has 0 aromatic heterocycles. The van der Waals surface area contributed by atoms with Crippen molar-refractivity contribution in [3.8, 4) is 0 Å². The van der Waals surface area contributed by atoms with Crippen LogP contribution in [0.25, 0.3) is 5.57 Å². The van der Waals surface area contributed by atoms with E-state index in [1.165, 1.54) is 14.2 Å². The third-order valence-electron chi connectivity index (χ3n) is 4.85. The summed E-state index contributed by atoms with van der Waals surface area (Å²) in [6.45, 7) is 0. The minimum absolute atomic E-state index is 0.241. The van der Waals surface area contributed by atoms with Crippen molar-refractivity contribution in [2.24, 2.45) is 17.3 Å². The summed E-state index contributed by atoms with van der Waals surface area (Å²) < 4.78 is 9.90. The van der Waals surface area contributed by atoms with Crippen molar-refractivity contribution in [3.63, 3.8) is 0 Å². The molecule has 3 rings (SSSR count). The molecule has 0 aliphatic heterocycles. The van der Waals surface area contributed by atoms with Gasteiger partial charge in [-0.25, -0.2) is 0 Å². The van der Waals surface area contributed by atoms with E-state index in [9.17, 15) is 9.59 Å². The van der Waals surface area contributed by atoms with Gasteiger partial charge in [-0.2, -0.15) is 0 Å². The number of carbonyl (C=O) groups is 2. The molecule has 0 amide bonds.